The normalized spacial score (nSPS) is 13.5. The van der Waals surface area contributed by atoms with E-state index in [0.717, 1.165) is 17.9 Å². The van der Waals surface area contributed by atoms with Crippen molar-refractivity contribution >= 4 is 11.2 Å². The van der Waals surface area contributed by atoms with Crippen LogP contribution in [0.25, 0.3) is 0 Å². The van der Waals surface area contributed by atoms with E-state index in [1.165, 1.54) is 19.3 Å². The first-order chi connectivity index (χ1) is 4.81. The van der Waals surface area contributed by atoms with E-state index in [9.17, 15) is 4.55 Å². The summed E-state index contributed by atoms with van der Waals surface area (Å²) in [5.74, 6) is 1.74. The van der Waals surface area contributed by atoms with Gasteiger partial charge in [0.05, 0.1) is 0 Å². The van der Waals surface area contributed by atoms with Crippen LogP contribution in [0.5, 0.6) is 0 Å². The van der Waals surface area contributed by atoms with Gasteiger partial charge >= 0.3 is 0 Å². The highest BCUT2D eigenvalue weighted by Crippen LogP contribution is 2.02. The summed E-state index contributed by atoms with van der Waals surface area (Å²) >= 11 is -0.530. The van der Waals surface area contributed by atoms with Crippen molar-refractivity contribution in [3.05, 3.63) is 0 Å². The van der Waals surface area contributed by atoms with E-state index >= 15 is 0 Å². The molecule has 0 aromatic heterocycles. The highest BCUT2D eigenvalue weighted by Gasteiger charge is 1.99. The molecule has 2 heteroatoms. The lowest BCUT2D eigenvalue weighted by Gasteiger charge is -2.06. The predicted molar refractivity (Wildman–Crippen MR) is 47.7 cm³/mol. The minimum absolute atomic E-state index is 0.530. The second-order valence-corrected chi connectivity index (χ2v) is 4.36. The van der Waals surface area contributed by atoms with Crippen LogP contribution in [0.3, 0.4) is 0 Å². The fourth-order valence-corrected chi connectivity index (χ4v) is 1.65. The molecule has 0 aliphatic heterocycles. The molecule has 1 unspecified atom stereocenters. The first kappa shape index (κ1) is 10.3. The maximum Gasteiger partial charge on any atom is 0.105 e. The number of rotatable bonds is 6. The summed E-state index contributed by atoms with van der Waals surface area (Å²) in [5, 5.41) is 0. The van der Waals surface area contributed by atoms with Crippen LogP contribution in [-0.4, -0.2) is 16.1 Å². The zero-order valence-corrected chi connectivity index (χ0v) is 7.88. The first-order valence-electron chi connectivity index (χ1n) is 4.16. The Kier molecular flexibility index (Phi) is 7.65. The molecule has 0 radical (unpaired) electrons. The van der Waals surface area contributed by atoms with E-state index in [2.05, 4.69) is 6.92 Å². The SMILES string of the molecule is CCCCCC[S+]([O-])CC. The molecule has 0 N–H and O–H groups in total. The van der Waals surface area contributed by atoms with Gasteiger partial charge in [-0.25, -0.2) is 0 Å². The van der Waals surface area contributed by atoms with E-state index in [0.29, 0.717) is 0 Å². The molecule has 0 aliphatic carbocycles. The van der Waals surface area contributed by atoms with Crippen LogP contribution in [0.2, 0.25) is 0 Å². The summed E-state index contributed by atoms with van der Waals surface area (Å²) in [5.41, 5.74) is 0. The summed E-state index contributed by atoms with van der Waals surface area (Å²) in [6, 6.07) is 0. The molecule has 0 aliphatic rings. The van der Waals surface area contributed by atoms with Crippen molar-refractivity contribution in [1.82, 2.24) is 0 Å². The number of hydrogen-bond acceptors (Lipinski definition) is 1. The van der Waals surface area contributed by atoms with Crippen LogP contribution in [-0.2, 0) is 11.2 Å². The lowest BCUT2D eigenvalue weighted by Crippen LogP contribution is -2.08. The van der Waals surface area contributed by atoms with Gasteiger partial charge in [0.15, 0.2) is 0 Å². The maximum atomic E-state index is 10.9. The molecule has 0 spiro atoms. The number of unbranched alkanes of at least 4 members (excludes halogenated alkanes) is 3. The Morgan fingerprint density at radius 2 is 1.80 bits per heavy atom. The minimum atomic E-state index is -0.530. The average Bonchev–Trinajstić information content (AvgIpc) is 1.98. The second-order valence-electron chi connectivity index (χ2n) is 2.49. The minimum Gasteiger partial charge on any atom is -0.616 e. The Labute approximate surface area is 67.4 Å². The predicted octanol–water partition coefficient (Wildman–Crippen LogP) is 2.34. The molecular formula is C8H18OS. The molecular weight excluding hydrogens is 144 g/mol. The zero-order chi connectivity index (χ0) is 7.82. The van der Waals surface area contributed by atoms with E-state index in [-0.39, 0.29) is 0 Å². The standard InChI is InChI=1S/C8H18OS/c1-3-5-6-7-8-10(9)4-2/h3-8H2,1-2H3. The Morgan fingerprint density at radius 3 is 2.30 bits per heavy atom. The van der Waals surface area contributed by atoms with Gasteiger partial charge in [0.25, 0.3) is 0 Å². The molecule has 0 amide bonds. The average molecular weight is 162 g/mol. The molecule has 0 saturated heterocycles. The Morgan fingerprint density at radius 1 is 1.10 bits per heavy atom. The molecule has 0 bridgehead atoms. The van der Waals surface area contributed by atoms with Crippen LogP contribution < -0.4 is 0 Å². The highest BCUT2D eigenvalue weighted by atomic mass is 32.2. The van der Waals surface area contributed by atoms with E-state index in [1.54, 1.807) is 0 Å². The van der Waals surface area contributed by atoms with Crippen molar-refractivity contribution in [3.8, 4) is 0 Å². The van der Waals surface area contributed by atoms with E-state index in [4.69, 9.17) is 0 Å². The van der Waals surface area contributed by atoms with Crippen LogP contribution in [0.1, 0.15) is 39.5 Å². The summed E-state index contributed by atoms with van der Waals surface area (Å²) in [7, 11) is 0. The molecule has 0 aromatic carbocycles. The van der Waals surface area contributed by atoms with Crippen molar-refractivity contribution in [2.75, 3.05) is 11.5 Å². The largest absolute Gasteiger partial charge is 0.616 e. The van der Waals surface area contributed by atoms with Crippen LogP contribution in [0.4, 0.5) is 0 Å². The van der Waals surface area contributed by atoms with E-state index < -0.39 is 11.2 Å². The van der Waals surface area contributed by atoms with E-state index in [1.807, 2.05) is 6.92 Å². The zero-order valence-electron chi connectivity index (χ0n) is 7.06. The summed E-state index contributed by atoms with van der Waals surface area (Å²) in [6.07, 6.45) is 4.95. The van der Waals surface area contributed by atoms with Crippen molar-refractivity contribution in [3.63, 3.8) is 0 Å². The smallest absolute Gasteiger partial charge is 0.105 e. The Balaban J connectivity index is 2.89. The van der Waals surface area contributed by atoms with Crippen LogP contribution >= 0.6 is 0 Å². The maximum absolute atomic E-state index is 10.9. The first-order valence-corrected chi connectivity index (χ1v) is 5.65. The molecule has 0 fully saturated rings. The summed E-state index contributed by atoms with van der Waals surface area (Å²) in [4.78, 5) is 0. The third-order valence-electron chi connectivity index (χ3n) is 1.55. The third kappa shape index (κ3) is 6.43. The highest BCUT2D eigenvalue weighted by molar-refractivity contribution is 7.91. The van der Waals surface area contributed by atoms with Gasteiger partial charge in [-0.3, -0.25) is 0 Å². The monoisotopic (exact) mass is 162 g/mol. The van der Waals surface area contributed by atoms with Gasteiger partial charge in [-0.2, -0.15) is 0 Å². The molecule has 0 heterocycles. The van der Waals surface area contributed by atoms with Crippen molar-refractivity contribution in [2.45, 2.75) is 39.5 Å². The van der Waals surface area contributed by atoms with Gasteiger partial charge in [-0.05, 0) is 19.8 Å². The van der Waals surface area contributed by atoms with Crippen LogP contribution in [0, 0.1) is 0 Å². The van der Waals surface area contributed by atoms with Gasteiger partial charge in [0, 0.05) is 0 Å². The fourth-order valence-electron chi connectivity index (χ4n) is 0.834. The van der Waals surface area contributed by atoms with Gasteiger partial charge < -0.3 is 4.55 Å². The van der Waals surface area contributed by atoms with Gasteiger partial charge in [-0.1, -0.05) is 30.9 Å². The molecule has 0 rings (SSSR count). The fraction of sp³-hybridized carbons (Fsp3) is 1.00. The quantitative estimate of drug-likeness (QED) is 0.434. The van der Waals surface area contributed by atoms with Gasteiger partial charge in [0.2, 0.25) is 0 Å². The topological polar surface area (TPSA) is 23.1 Å². The summed E-state index contributed by atoms with van der Waals surface area (Å²) in [6.45, 7) is 4.17. The lowest BCUT2D eigenvalue weighted by molar-refractivity contribution is 0.589. The van der Waals surface area contributed by atoms with Gasteiger partial charge in [-0.15, -0.1) is 0 Å². The molecule has 62 valence electrons. The van der Waals surface area contributed by atoms with Crippen molar-refractivity contribution in [2.24, 2.45) is 0 Å². The molecule has 1 nitrogen and oxygen atoms in total. The van der Waals surface area contributed by atoms with Crippen molar-refractivity contribution < 1.29 is 4.55 Å². The number of hydrogen-bond donors (Lipinski definition) is 0. The lowest BCUT2D eigenvalue weighted by atomic mass is 10.2. The molecule has 10 heavy (non-hydrogen) atoms. The third-order valence-corrected chi connectivity index (χ3v) is 2.94. The Hall–Kier alpha value is 0.310. The van der Waals surface area contributed by atoms with Gasteiger partial charge in [0.1, 0.15) is 11.5 Å². The summed E-state index contributed by atoms with van der Waals surface area (Å²) < 4.78 is 10.9. The molecule has 0 saturated carbocycles. The molecule has 1 atom stereocenters. The van der Waals surface area contributed by atoms with Crippen molar-refractivity contribution in [1.29, 1.82) is 0 Å². The molecule has 0 aromatic rings. The Bertz CT molecular complexity index is 66.3. The second kappa shape index (κ2) is 7.42. The van der Waals surface area contributed by atoms with Crippen LogP contribution in [0.15, 0.2) is 0 Å².